The van der Waals surface area contributed by atoms with Crippen molar-refractivity contribution in [1.82, 2.24) is 14.2 Å². The Balaban J connectivity index is 1.98. The molecule has 6 heteroatoms. The van der Waals surface area contributed by atoms with Gasteiger partial charge in [-0.15, -0.1) is 0 Å². The number of carboxylic acids is 1. The van der Waals surface area contributed by atoms with E-state index < -0.39 is 5.97 Å². The van der Waals surface area contributed by atoms with E-state index in [2.05, 4.69) is 21.2 Å². The second-order valence-corrected chi connectivity index (χ2v) is 4.87. The molecule has 0 bridgehead atoms. The predicted octanol–water partition coefficient (Wildman–Crippen LogP) is 0.589. The number of carbonyl (C=O) groups is 1. The Labute approximate surface area is 98.5 Å². The molecule has 0 unspecified atom stereocenters. The van der Waals surface area contributed by atoms with E-state index in [1.807, 2.05) is 0 Å². The molecule has 2 rings (SSSR count). The Kier molecular flexibility index (Phi) is 3.52. The molecule has 1 N–H and O–H groups in total. The maximum Gasteiger partial charge on any atom is 0.347 e. The second kappa shape index (κ2) is 4.90. The van der Waals surface area contributed by atoms with Crippen LogP contribution in [0.15, 0.2) is 6.20 Å². The van der Waals surface area contributed by atoms with Crippen LogP contribution in [0, 0.1) is 0 Å². The topological polar surface area (TPSA) is 56.7 Å². The molecule has 1 saturated heterocycles. The standard InChI is InChI=1S/C10H15N3O2S/c1-12-2-4-13(5-3-12)7-8-6-11-16-9(8)10(14)15/h6H,2-5,7H2,1H3,(H,14,15). The molecule has 2 heterocycles. The molecule has 88 valence electrons. The zero-order chi connectivity index (χ0) is 11.5. The van der Waals surface area contributed by atoms with Gasteiger partial charge in [-0.2, -0.15) is 4.37 Å². The van der Waals surface area contributed by atoms with Crippen molar-refractivity contribution in [2.75, 3.05) is 33.2 Å². The van der Waals surface area contributed by atoms with Crippen molar-refractivity contribution in [2.45, 2.75) is 6.54 Å². The van der Waals surface area contributed by atoms with Gasteiger partial charge < -0.3 is 10.0 Å². The summed E-state index contributed by atoms with van der Waals surface area (Å²) in [5.41, 5.74) is 0.835. The minimum atomic E-state index is -0.869. The molecule has 1 aromatic rings. The number of hydrogen-bond donors (Lipinski definition) is 1. The maximum absolute atomic E-state index is 10.9. The fourth-order valence-corrected chi connectivity index (χ4v) is 2.39. The van der Waals surface area contributed by atoms with E-state index in [4.69, 9.17) is 5.11 Å². The lowest BCUT2D eigenvalue weighted by Crippen LogP contribution is -2.43. The highest BCUT2D eigenvalue weighted by molar-refractivity contribution is 7.08. The highest BCUT2D eigenvalue weighted by atomic mass is 32.1. The van der Waals surface area contributed by atoms with Crippen LogP contribution in [0.2, 0.25) is 0 Å². The number of aromatic nitrogens is 1. The third-order valence-corrected chi connectivity index (χ3v) is 3.66. The lowest BCUT2D eigenvalue weighted by atomic mass is 10.2. The van der Waals surface area contributed by atoms with Gasteiger partial charge in [-0.1, -0.05) is 0 Å². The fraction of sp³-hybridized carbons (Fsp3) is 0.600. The quantitative estimate of drug-likeness (QED) is 0.839. The third-order valence-electron chi connectivity index (χ3n) is 2.83. The van der Waals surface area contributed by atoms with Crippen LogP contribution >= 0.6 is 11.5 Å². The highest BCUT2D eigenvalue weighted by Gasteiger charge is 2.18. The van der Waals surface area contributed by atoms with E-state index in [-0.39, 0.29) is 0 Å². The van der Waals surface area contributed by atoms with E-state index in [1.54, 1.807) is 6.20 Å². The average molecular weight is 241 g/mol. The van der Waals surface area contributed by atoms with Gasteiger partial charge in [0.05, 0.1) is 0 Å². The molecular weight excluding hydrogens is 226 g/mol. The van der Waals surface area contributed by atoms with E-state index >= 15 is 0 Å². The van der Waals surface area contributed by atoms with Gasteiger partial charge in [-0.3, -0.25) is 4.90 Å². The van der Waals surface area contributed by atoms with Gasteiger partial charge in [0.15, 0.2) is 0 Å². The highest BCUT2D eigenvalue weighted by Crippen LogP contribution is 2.16. The first-order valence-electron chi connectivity index (χ1n) is 5.24. The number of rotatable bonds is 3. The van der Waals surface area contributed by atoms with Crippen LogP contribution < -0.4 is 0 Å². The van der Waals surface area contributed by atoms with Gasteiger partial charge in [0.25, 0.3) is 0 Å². The van der Waals surface area contributed by atoms with Crippen LogP contribution in [-0.4, -0.2) is 58.5 Å². The van der Waals surface area contributed by atoms with Crippen molar-refractivity contribution >= 4 is 17.5 Å². The van der Waals surface area contributed by atoms with E-state index in [0.29, 0.717) is 11.4 Å². The smallest absolute Gasteiger partial charge is 0.347 e. The minimum Gasteiger partial charge on any atom is -0.477 e. The summed E-state index contributed by atoms with van der Waals surface area (Å²) in [5.74, 6) is -0.869. The number of likely N-dealkylation sites (N-methyl/N-ethyl adjacent to an activating group) is 1. The summed E-state index contributed by atoms with van der Waals surface area (Å²) in [6.45, 7) is 4.77. The molecule has 0 spiro atoms. The Morgan fingerprint density at radius 2 is 2.19 bits per heavy atom. The predicted molar refractivity (Wildman–Crippen MR) is 61.8 cm³/mol. The molecule has 0 aromatic carbocycles. The summed E-state index contributed by atoms with van der Waals surface area (Å²) in [7, 11) is 2.10. The first kappa shape index (κ1) is 11.5. The molecule has 1 aliphatic rings. The molecule has 16 heavy (non-hydrogen) atoms. The van der Waals surface area contributed by atoms with Gasteiger partial charge in [0, 0.05) is 44.5 Å². The lowest BCUT2D eigenvalue weighted by Gasteiger charge is -2.32. The molecule has 0 aliphatic carbocycles. The summed E-state index contributed by atoms with van der Waals surface area (Å²) < 4.78 is 3.95. The number of piperazine rings is 1. The average Bonchev–Trinajstić information content (AvgIpc) is 2.69. The number of carboxylic acid groups (broad SMARTS) is 1. The normalized spacial score (nSPS) is 18.8. The van der Waals surface area contributed by atoms with Crippen LogP contribution in [-0.2, 0) is 6.54 Å². The van der Waals surface area contributed by atoms with E-state index in [1.165, 1.54) is 0 Å². The number of nitrogens with zero attached hydrogens (tertiary/aromatic N) is 3. The third kappa shape index (κ3) is 2.58. The molecule has 1 fully saturated rings. The van der Waals surface area contributed by atoms with Crippen LogP contribution in [0.3, 0.4) is 0 Å². The van der Waals surface area contributed by atoms with Crippen molar-refractivity contribution in [1.29, 1.82) is 0 Å². The van der Waals surface area contributed by atoms with Crippen molar-refractivity contribution in [3.8, 4) is 0 Å². The Morgan fingerprint density at radius 1 is 1.50 bits per heavy atom. The van der Waals surface area contributed by atoms with Crippen LogP contribution in [0.4, 0.5) is 0 Å². The van der Waals surface area contributed by atoms with Gasteiger partial charge in [0.1, 0.15) is 4.88 Å². The van der Waals surface area contributed by atoms with E-state index in [9.17, 15) is 4.79 Å². The first-order chi connectivity index (χ1) is 7.66. The first-order valence-corrected chi connectivity index (χ1v) is 6.02. The lowest BCUT2D eigenvalue weighted by molar-refractivity contribution is 0.0699. The largest absolute Gasteiger partial charge is 0.477 e. The summed E-state index contributed by atoms with van der Waals surface area (Å²) in [6, 6.07) is 0. The van der Waals surface area contributed by atoms with Gasteiger partial charge >= 0.3 is 5.97 Å². The number of aromatic carboxylic acids is 1. The summed E-state index contributed by atoms with van der Waals surface area (Å²) in [5, 5.41) is 8.97. The summed E-state index contributed by atoms with van der Waals surface area (Å²) in [4.78, 5) is 15.8. The van der Waals surface area contributed by atoms with Crippen molar-refractivity contribution in [2.24, 2.45) is 0 Å². The molecule has 1 aliphatic heterocycles. The molecule has 0 radical (unpaired) electrons. The maximum atomic E-state index is 10.9. The molecule has 0 saturated carbocycles. The van der Waals surface area contributed by atoms with Crippen molar-refractivity contribution < 1.29 is 9.90 Å². The Bertz CT molecular complexity index is 372. The zero-order valence-electron chi connectivity index (χ0n) is 9.22. The number of hydrogen-bond acceptors (Lipinski definition) is 5. The minimum absolute atomic E-state index is 0.374. The fourth-order valence-electron chi connectivity index (χ4n) is 1.80. The Hall–Kier alpha value is -0.980. The SMILES string of the molecule is CN1CCN(Cc2cnsc2C(=O)O)CC1. The van der Waals surface area contributed by atoms with Crippen molar-refractivity contribution in [3.05, 3.63) is 16.6 Å². The molecular formula is C10H15N3O2S. The monoisotopic (exact) mass is 241 g/mol. The zero-order valence-corrected chi connectivity index (χ0v) is 10.0. The molecule has 0 atom stereocenters. The van der Waals surface area contributed by atoms with E-state index in [0.717, 1.165) is 43.3 Å². The van der Waals surface area contributed by atoms with Crippen molar-refractivity contribution in [3.63, 3.8) is 0 Å². The van der Waals surface area contributed by atoms with Crippen LogP contribution in [0.1, 0.15) is 15.2 Å². The molecule has 1 aromatic heterocycles. The second-order valence-electron chi connectivity index (χ2n) is 4.06. The molecule has 0 amide bonds. The van der Waals surface area contributed by atoms with Crippen LogP contribution in [0.5, 0.6) is 0 Å². The summed E-state index contributed by atoms with van der Waals surface area (Å²) in [6.07, 6.45) is 1.67. The molecule has 5 nitrogen and oxygen atoms in total. The van der Waals surface area contributed by atoms with Gasteiger partial charge in [-0.05, 0) is 18.6 Å². The van der Waals surface area contributed by atoms with Gasteiger partial charge in [-0.25, -0.2) is 4.79 Å². The Morgan fingerprint density at radius 3 is 2.81 bits per heavy atom. The summed E-state index contributed by atoms with van der Waals surface area (Å²) >= 11 is 1.06. The van der Waals surface area contributed by atoms with Crippen LogP contribution in [0.25, 0.3) is 0 Å². The van der Waals surface area contributed by atoms with Gasteiger partial charge in [0.2, 0.25) is 0 Å².